The third-order valence-electron chi connectivity index (χ3n) is 4.52. The van der Waals surface area contributed by atoms with Crippen LogP contribution in [0, 0.1) is 0 Å². The van der Waals surface area contributed by atoms with E-state index in [1.807, 2.05) is 0 Å². The number of nitrogens with one attached hydrogen (secondary N) is 1. The zero-order chi connectivity index (χ0) is 13.1. The van der Waals surface area contributed by atoms with Gasteiger partial charge in [0.1, 0.15) is 0 Å². The number of nitrogens with two attached hydrogens (primary N) is 1. The molecule has 19 heavy (non-hydrogen) atoms. The Kier molecular flexibility index (Phi) is 4.16. The van der Waals surface area contributed by atoms with Crippen molar-refractivity contribution >= 4 is 0 Å². The molecule has 1 heterocycles. The first-order valence-corrected chi connectivity index (χ1v) is 7.63. The van der Waals surface area contributed by atoms with Crippen molar-refractivity contribution < 1.29 is 0 Å². The summed E-state index contributed by atoms with van der Waals surface area (Å²) in [7, 11) is 0. The number of rotatable bonds is 4. The van der Waals surface area contributed by atoms with Crippen LogP contribution in [0.3, 0.4) is 0 Å². The van der Waals surface area contributed by atoms with Crippen LogP contribution < -0.4 is 11.1 Å². The molecule has 3 rings (SSSR count). The number of aryl methyl sites for hydroxylation is 2. The SMILES string of the molecule is NC(CCN1CCNCC1)c1ccc2c(c1)CCC2. The van der Waals surface area contributed by atoms with Crippen molar-refractivity contribution in [2.75, 3.05) is 32.7 Å². The van der Waals surface area contributed by atoms with Crippen molar-refractivity contribution in [3.8, 4) is 0 Å². The van der Waals surface area contributed by atoms with E-state index in [4.69, 9.17) is 5.73 Å². The van der Waals surface area contributed by atoms with Gasteiger partial charge in [-0.15, -0.1) is 0 Å². The maximum Gasteiger partial charge on any atom is 0.0307 e. The summed E-state index contributed by atoms with van der Waals surface area (Å²) in [6, 6.07) is 7.08. The molecule has 0 amide bonds. The van der Waals surface area contributed by atoms with Crippen LogP contribution in [0.25, 0.3) is 0 Å². The second-order valence-corrected chi connectivity index (χ2v) is 5.87. The molecule has 1 aliphatic carbocycles. The van der Waals surface area contributed by atoms with Gasteiger partial charge in [0.2, 0.25) is 0 Å². The number of piperazine rings is 1. The molecule has 0 spiro atoms. The highest BCUT2D eigenvalue weighted by molar-refractivity contribution is 5.36. The maximum atomic E-state index is 6.36. The third kappa shape index (κ3) is 3.16. The van der Waals surface area contributed by atoms with Gasteiger partial charge in [-0.1, -0.05) is 18.2 Å². The zero-order valence-corrected chi connectivity index (χ0v) is 11.7. The first-order valence-electron chi connectivity index (χ1n) is 7.63. The van der Waals surface area contributed by atoms with E-state index in [-0.39, 0.29) is 6.04 Å². The quantitative estimate of drug-likeness (QED) is 0.860. The molecule has 1 aromatic carbocycles. The lowest BCUT2D eigenvalue weighted by atomic mass is 9.99. The number of fused-ring (bicyclic) bond motifs is 1. The standard InChI is InChI=1S/C16H25N3/c17-16(6-9-19-10-7-18-8-11-19)15-5-4-13-2-1-3-14(13)12-15/h4-5,12,16,18H,1-3,6-11,17H2. The van der Waals surface area contributed by atoms with Gasteiger partial charge in [0.15, 0.2) is 0 Å². The Morgan fingerprint density at radius 3 is 2.79 bits per heavy atom. The molecule has 1 aliphatic heterocycles. The highest BCUT2D eigenvalue weighted by atomic mass is 15.2. The molecule has 0 radical (unpaired) electrons. The van der Waals surface area contributed by atoms with E-state index in [0.29, 0.717) is 0 Å². The van der Waals surface area contributed by atoms with E-state index in [1.165, 1.54) is 36.0 Å². The summed E-state index contributed by atoms with van der Waals surface area (Å²) in [6.45, 7) is 5.69. The number of hydrogen-bond acceptors (Lipinski definition) is 3. The Labute approximate surface area is 116 Å². The minimum absolute atomic E-state index is 0.195. The first-order chi connectivity index (χ1) is 9.33. The molecule has 1 fully saturated rings. The molecule has 1 saturated heterocycles. The van der Waals surface area contributed by atoms with Gasteiger partial charge in [-0.2, -0.15) is 0 Å². The Bertz CT molecular complexity index is 424. The van der Waals surface area contributed by atoms with E-state index >= 15 is 0 Å². The summed E-state index contributed by atoms with van der Waals surface area (Å²) in [6.07, 6.45) is 4.88. The Balaban J connectivity index is 1.56. The lowest BCUT2D eigenvalue weighted by Gasteiger charge is -2.28. The van der Waals surface area contributed by atoms with Gasteiger partial charge in [-0.25, -0.2) is 0 Å². The molecule has 3 heteroatoms. The molecule has 1 atom stereocenters. The van der Waals surface area contributed by atoms with Crippen molar-refractivity contribution in [2.24, 2.45) is 5.73 Å². The van der Waals surface area contributed by atoms with Crippen LogP contribution in [0.5, 0.6) is 0 Å². The second-order valence-electron chi connectivity index (χ2n) is 5.87. The largest absolute Gasteiger partial charge is 0.324 e. The van der Waals surface area contributed by atoms with Gasteiger partial charge in [-0.3, -0.25) is 0 Å². The van der Waals surface area contributed by atoms with Gasteiger partial charge >= 0.3 is 0 Å². The first kappa shape index (κ1) is 13.1. The summed E-state index contributed by atoms with van der Waals surface area (Å²) in [5, 5.41) is 3.39. The Morgan fingerprint density at radius 2 is 1.95 bits per heavy atom. The van der Waals surface area contributed by atoms with Gasteiger partial charge in [0.25, 0.3) is 0 Å². The molecule has 2 aliphatic rings. The fourth-order valence-electron chi connectivity index (χ4n) is 3.25. The summed E-state index contributed by atoms with van der Waals surface area (Å²) in [5.74, 6) is 0. The van der Waals surface area contributed by atoms with Crippen LogP contribution in [0.15, 0.2) is 18.2 Å². The fourth-order valence-corrected chi connectivity index (χ4v) is 3.25. The van der Waals surface area contributed by atoms with Crippen molar-refractivity contribution in [1.82, 2.24) is 10.2 Å². The zero-order valence-electron chi connectivity index (χ0n) is 11.7. The molecular weight excluding hydrogens is 234 g/mol. The molecule has 0 bridgehead atoms. The molecular formula is C16H25N3. The predicted octanol–water partition coefficient (Wildman–Crippen LogP) is 1.47. The average Bonchev–Trinajstić information content (AvgIpc) is 2.93. The third-order valence-corrected chi connectivity index (χ3v) is 4.52. The van der Waals surface area contributed by atoms with Crippen molar-refractivity contribution in [1.29, 1.82) is 0 Å². The molecule has 1 unspecified atom stereocenters. The number of benzene rings is 1. The topological polar surface area (TPSA) is 41.3 Å². The fraction of sp³-hybridized carbons (Fsp3) is 0.625. The van der Waals surface area contributed by atoms with Crippen molar-refractivity contribution in [3.05, 3.63) is 34.9 Å². The van der Waals surface area contributed by atoms with Crippen LogP contribution in [0.1, 0.15) is 35.6 Å². The predicted molar refractivity (Wildman–Crippen MR) is 79.3 cm³/mol. The second kappa shape index (κ2) is 6.04. The average molecular weight is 259 g/mol. The Morgan fingerprint density at radius 1 is 1.16 bits per heavy atom. The van der Waals surface area contributed by atoms with Crippen LogP contribution in [0.2, 0.25) is 0 Å². The molecule has 3 nitrogen and oxygen atoms in total. The van der Waals surface area contributed by atoms with Crippen LogP contribution in [-0.2, 0) is 12.8 Å². The molecule has 1 aromatic rings. The van der Waals surface area contributed by atoms with Gasteiger partial charge < -0.3 is 16.0 Å². The smallest absolute Gasteiger partial charge is 0.0307 e. The molecule has 104 valence electrons. The number of nitrogens with zero attached hydrogens (tertiary/aromatic N) is 1. The van der Waals surface area contributed by atoms with Crippen LogP contribution >= 0.6 is 0 Å². The van der Waals surface area contributed by atoms with E-state index in [9.17, 15) is 0 Å². The van der Waals surface area contributed by atoms with E-state index in [0.717, 1.165) is 39.1 Å². The van der Waals surface area contributed by atoms with E-state index in [2.05, 4.69) is 28.4 Å². The van der Waals surface area contributed by atoms with Crippen molar-refractivity contribution in [2.45, 2.75) is 31.7 Å². The van der Waals surface area contributed by atoms with Gasteiger partial charge in [0.05, 0.1) is 0 Å². The summed E-state index contributed by atoms with van der Waals surface area (Å²) >= 11 is 0. The number of hydrogen-bond donors (Lipinski definition) is 2. The molecule has 0 aromatic heterocycles. The highest BCUT2D eigenvalue weighted by Gasteiger charge is 2.15. The molecule has 3 N–H and O–H groups in total. The van der Waals surface area contributed by atoms with Gasteiger partial charge in [0, 0.05) is 38.8 Å². The van der Waals surface area contributed by atoms with E-state index in [1.54, 1.807) is 0 Å². The summed E-state index contributed by atoms with van der Waals surface area (Å²) in [4.78, 5) is 2.52. The van der Waals surface area contributed by atoms with Gasteiger partial charge in [-0.05, 0) is 42.4 Å². The lowest BCUT2D eigenvalue weighted by molar-refractivity contribution is 0.233. The van der Waals surface area contributed by atoms with E-state index < -0.39 is 0 Å². The highest BCUT2D eigenvalue weighted by Crippen LogP contribution is 2.25. The van der Waals surface area contributed by atoms with Crippen LogP contribution in [0.4, 0.5) is 0 Å². The maximum absolute atomic E-state index is 6.36. The van der Waals surface area contributed by atoms with Crippen molar-refractivity contribution in [3.63, 3.8) is 0 Å². The molecule has 0 saturated carbocycles. The summed E-state index contributed by atoms with van der Waals surface area (Å²) in [5.41, 5.74) is 10.8. The van der Waals surface area contributed by atoms with Crippen LogP contribution in [-0.4, -0.2) is 37.6 Å². The lowest BCUT2D eigenvalue weighted by Crippen LogP contribution is -2.44. The normalized spacial score (nSPS) is 21.3. The monoisotopic (exact) mass is 259 g/mol. The minimum Gasteiger partial charge on any atom is -0.324 e. The summed E-state index contributed by atoms with van der Waals surface area (Å²) < 4.78 is 0. The minimum atomic E-state index is 0.195. The Hall–Kier alpha value is -0.900.